The molecule has 0 bridgehead atoms. The van der Waals surface area contributed by atoms with Crippen LogP contribution in [0.25, 0.3) is 22.1 Å². The number of hydrogen-bond acceptors (Lipinski definition) is 5. The Labute approximate surface area is 156 Å². The predicted molar refractivity (Wildman–Crippen MR) is 93.8 cm³/mol. The van der Waals surface area contributed by atoms with Crippen LogP contribution < -0.4 is 0 Å². The zero-order valence-electron chi connectivity index (χ0n) is 14.3. The van der Waals surface area contributed by atoms with Crippen LogP contribution in [0, 0.1) is 0 Å². The molecule has 8 nitrogen and oxygen atoms in total. The number of tetrazole rings is 1. The van der Waals surface area contributed by atoms with Crippen molar-refractivity contribution in [1.29, 1.82) is 0 Å². The van der Waals surface area contributed by atoms with E-state index in [9.17, 15) is 8.78 Å². The van der Waals surface area contributed by atoms with E-state index in [1.807, 2.05) is 4.57 Å². The van der Waals surface area contributed by atoms with E-state index < -0.39 is 6.43 Å². The summed E-state index contributed by atoms with van der Waals surface area (Å²) < 4.78 is 28.1. The Balaban J connectivity index is 1.55. The van der Waals surface area contributed by atoms with Gasteiger partial charge in [0.2, 0.25) is 0 Å². The van der Waals surface area contributed by atoms with E-state index >= 15 is 0 Å². The number of fused-ring (bicyclic) bond motifs is 3. The summed E-state index contributed by atoms with van der Waals surface area (Å²) in [5.74, 6) is 0.958. The molecule has 0 unspecified atom stereocenters. The number of aryl methyl sites for hydroxylation is 1. The van der Waals surface area contributed by atoms with Crippen molar-refractivity contribution in [3.63, 3.8) is 0 Å². The van der Waals surface area contributed by atoms with E-state index in [0.717, 1.165) is 25.1 Å². The summed E-state index contributed by atoms with van der Waals surface area (Å²) >= 11 is 6.27. The van der Waals surface area contributed by atoms with Crippen LogP contribution >= 0.6 is 11.6 Å². The predicted octanol–water partition coefficient (Wildman–Crippen LogP) is 3.54. The van der Waals surface area contributed by atoms with Crippen LogP contribution in [0.1, 0.15) is 49.2 Å². The van der Waals surface area contributed by atoms with Gasteiger partial charge in [-0.1, -0.05) is 11.6 Å². The summed E-state index contributed by atoms with van der Waals surface area (Å²) in [6, 6.07) is 1.49. The standard InChI is InChI=1S/C16H15ClF2N8/c1-26-24-15(23-25-26)7-2-3-8(4-7)27-6-20-12-11-9(13(17)22-16(12)27)5-10(21-11)14(18)19/h5-8,14,21H,2-4H2,1H3/t7-,8+/m1/s1. The average molecular weight is 393 g/mol. The monoisotopic (exact) mass is 392 g/mol. The maximum absolute atomic E-state index is 13.1. The highest BCUT2D eigenvalue weighted by atomic mass is 35.5. The minimum atomic E-state index is -2.61. The van der Waals surface area contributed by atoms with Crippen molar-refractivity contribution in [3.05, 3.63) is 29.1 Å². The molecule has 11 heteroatoms. The molecule has 4 aromatic rings. The van der Waals surface area contributed by atoms with Gasteiger partial charge in [-0.05, 0) is 30.5 Å². The van der Waals surface area contributed by atoms with Crippen LogP contribution in [0.4, 0.5) is 8.78 Å². The van der Waals surface area contributed by atoms with Gasteiger partial charge in [0, 0.05) is 17.3 Å². The van der Waals surface area contributed by atoms with Gasteiger partial charge in [0.25, 0.3) is 6.43 Å². The molecule has 1 saturated carbocycles. The Kier molecular flexibility index (Phi) is 3.64. The molecule has 1 aliphatic rings. The smallest absolute Gasteiger partial charge is 0.278 e. The third-order valence-electron chi connectivity index (χ3n) is 5.19. The largest absolute Gasteiger partial charge is 0.352 e. The Morgan fingerprint density at radius 3 is 2.93 bits per heavy atom. The van der Waals surface area contributed by atoms with Crippen LogP contribution in [-0.2, 0) is 7.05 Å². The lowest BCUT2D eigenvalue weighted by atomic mass is 10.1. The Morgan fingerprint density at radius 1 is 1.33 bits per heavy atom. The summed E-state index contributed by atoms with van der Waals surface area (Å²) in [4.78, 5) is 13.1. The molecule has 4 heterocycles. The third-order valence-corrected chi connectivity index (χ3v) is 5.48. The third kappa shape index (κ3) is 2.58. The molecular formula is C16H15ClF2N8. The van der Waals surface area contributed by atoms with E-state index in [-0.39, 0.29) is 22.8 Å². The SMILES string of the molecule is Cn1nnc([C@@H]2CC[C@H](n3cnc4c5[nH]c(C(F)F)cc5c(Cl)nc43)C2)n1. The Morgan fingerprint density at radius 2 is 2.19 bits per heavy atom. The fraction of sp³-hybridized carbons (Fsp3) is 0.438. The minimum absolute atomic E-state index is 0.161. The van der Waals surface area contributed by atoms with Crippen molar-refractivity contribution < 1.29 is 8.78 Å². The lowest BCUT2D eigenvalue weighted by Gasteiger charge is -2.12. The zero-order valence-corrected chi connectivity index (χ0v) is 15.0. The second-order valence-electron chi connectivity index (χ2n) is 6.84. The van der Waals surface area contributed by atoms with Gasteiger partial charge in [0.1, 0.15) is 10.7 Å². The normalized spacial score (nSPS) is 20.5. The molecule has 1 fully saturated rings. The molecule has 0 radical (unpaired) electrons. The first-order valence-corrected chi connectivity index (χ1v) is 8.95. The highest BCUT2D eigenvalue weighted by Gasteiger charge is 2.31. The number of nitrogens with zero attached hydrogens (tertiary/aromatic N) is 7. The number of aromatic amines is 1. The molecule has 0 spiro atoms. The number of halogens is 3. The second-order valence-corrected chi connectivity index (χ2v) is 7.20. The van der Waals surface area contributed by atoms with Crippen LogP contribution in [0.3, 0.4) is 0 Å². The van der Waals surface area contributed by atoms with Gasteiger partial charge < -0.3 is 9.55 Å². The average Bonchev–Trinajstić information content (AvgIpc) is 3.39. The van der Waals surface area contributed by atoms with Gasteiger partial charge in [-0.2, -0.15) is 4.80 Å². The zero-order chi connectivity index (χ0) is 18.7. The van der Waals surface area contributed by atoms with E-state index in [1.165, 1.54) is 10.9 Å². The van der Waals surface area contributed by atoms with Gasteiger partial charge in [0.15, 0.2) is 11.5 Å². The molecule has 0 saturated heterocycles. The number of nitrogens with one attached hydrogen (secondary N) is 1. The maximum Gasteiger partial charge on any atom is 0.278 e. The molecule has 140 valence electrons. The molecule has 5 rings (SSSR count). The van der Waals surface area contributed by atoms with E-state index in [2.05, 4.69) is 30.4 Å². The number of hydrogen-bond donors (Lipinski definition) is 1. The maximum atomic E-state index is 13.1. The number of H-pyrrole nitrogens is 1. The summed E-state index contributed by atoms with van der Waals surface area (Å²) in [5.41, 5.74) is 1.44. The first-order valence-electron chi connectivity index (χ1n) is 8.58. The molecule has 0 aliphatic heterocycles. The quantitative estimate of drug-likeness (QED) is 0.538. The fourth-order valence-electron chi connectivity index (χ4n) is 3.91. The highest BCUT2D eigenvalue weighted by molar-refractivity contribution is 6.35. The Bertz CT molecular complexity index is 1150. The highest BCUT2D eigenvalue weighted by Crippen LogP contribution is 2.41. The summed E-state index contributed by atoms with van der Waals surface area (Å²) in [5, 5.41) is 13.0. The van der Waals surface area contributed by atoms with Crippen molar-refractivity contribution in [3.8, 4) is 0 Å². The van der Waals surface area contributed by atoms with Crippen LogP contribution in [0.15, 0.2) is 12.4 Å². The molecular weight excluding hydrogens is 378 g/mol. The summed E-state index contributed by atoms with van der Waals surface area (Å²) in [7, 11) is 1.74. The minimum Gasteiger partial charge on any atom is -0.352 e. The van der Waals surface area contributed by atoms with Gasteiger partial charge >= 0.3 is 0 Å². The lowest BCUT2D eigenvalue weighted by molar-refractivity contribution is 0.147. The van der Waals surface area contributed by atoms with Gasteiger partial charge in [-0.3, -0.25) is 0 Å². The topological polar surface area (TPSA) is 90.1 Å². The van der Waals surface area contributed by atoms with Crippen molar-refractivity contribution in [2.75, 3.05) is 0 Å². The molecule has 27 heavy (non-hydrogen) atoms. The Hall–Kier alpha value is -2.62. The van der Waals surface area contributed by atoms with E-state index in [1.54, 1.807) is 13.4 Å². The number of alkyl halides is 2. The van der Waals surface area contributed by atoms with Crippen molar-refractivity contribution in [2.45, 2.75) is 37.6 Å². The van der Waals surface area contributed by atoms with E-state index in [4.69, 9.17) is 11.6 Å². The number of pyridine rings is 1. The fourth-order valence-corrected chi connectivity index (χ4v) is 4.14. The van der Waals surface area contributed by atoms with Gasteiger partial charge in [0.05, 0.1) is 24.6 Å². The molecule has 2 atom stereocenters. The molecule has 1 N–H and O–H groups in total. The molecule has 1 aliphatic carbocycles. The van der Waals surface area contributed by atoms with Gasteiger partial charge in [-0.15, -0.1) is 10.2 Å². The lowest BCUT2D eigenvalue weighted by Crippen LogP contribution is -2.06. The molecule has 4 aromatic heterocycles. The van der Waals surface area contributed by atoms with Crippen LogP contribution in [0.5, 0.6) is 0 Å². The number of rotatable bonds is 3. The molecule has 0 aromatic carbocycles. The summed E-state index contributed by atoms with van der Waals surface area (Å²) in [6.07, 6.45) is 1.78. The first-order chi connectivity index (χ1) is 13.0. The van der Waals surface area contributed by atoms with Crippen molar-refractivity contribution in [1.82, 2.24) is 39.7 Å². The summed E-state index contributed by atoms with van der Waals surface area (Å²) in [6.45, 7) is 0. The second kappa shape index (κ2) is 5.95. The van der Waals surface area contributed by atoms with Crippen LogP contribution in [-0.4, -0.2) is 39.7 Å². The first kappa shape index (κ1) is 16.5. The van der Waals surface area contributed by atoms with Gasteiger partial charge in [-0.25, -0.2) is 18.7 Å². The van der Waals surface area contributed by atoms with E-state index in [0.29, 0.717) is 22.1 Å². The molecule has 0 amide bonds. The van der Waals surface area contributed by atoms with Crippen LogP contribution in [0.2, 0.25) is 5.15 Å². The van der Waals surface area contributed by atoms with Crippen molar-refractivity contribution >= 4 is 33.7 Å². The number of imidazole rings is 1. The number of aromatic nitrogens is 8. The van der Waals surface area contributed by atoms with Crippen molar-refractivity contribution in [2.24, 2.45) is 7.05 Å².